The molecular weight excluding hydrogens is 206 g/mol. The third-order valence-corrected chi connectivity index (χ3v) is 2.73. The van der Waals surface area contributed by atoms with Crippen LogP contribution >= 0.6 is 0 Å². The van der Waals surface area contributed by atoms with E-state index in [9.17, 15) is 4.79 Å². The molecule has 0 aliphatic carbocycles. The summed E-state index contributed by atoms with van der Waals surface area (Å²) in [5.74, 6) is 0.583. The van der Waals surface area contributed by atoms with Gasteiger partial charge in [-0.25, -0.2) is 0 Å². The Morgan fingerprint density at radius 3 is 2.75 bits per heavy atom. The van der Waals surface area contributed by atoms with Crippen LogP contribution in [0.2, 0.25) is 0 Å². The van der Waals surface area contributed by atoms with E-state index in [2.05, 4.69) is 10.5 Å². The van der Waals surface area contributed by atoms with Crippen LogP contribution in [0, 0.1) is 0 Å². The fraction of sp³-hybridized carbons (Fsp3) is 0.636. The highest BCUT2D eigenvalue weighted by atomic mass is 16.5. The Morgan fingerprint density at radius 1 is 1.50 bits per heavy atom. The van der Waals surface area contributed by atoms with E-state index in [1.54, 1.807) is 11.0 Å². The lowest BCUT2D eigenvalue weighted by Gasteiger charge is -2.26. The summed E-state index contributed by atoms with van der Waals surface area (Å²) in [4.78, 5) is 13.8. The zero-order valence-corrected chi connectivity index (χ0v) is 9.69. The van der Waals surface area contributed by atoms with E-state index in [4.69, 9.17) is 4.52 Å². The molecule has 1 aliphatic heterocycles. The molecule has 88 valence electrons. The van der Waals surface area contributed by atoms with Crippen LogP contribution in [0.5, 0.6) is 0 Å². The van der Waals surface area contributed by atoms with Crippen LogP contribution in [0.15, 0.2) is 10.6 Å². The van der Waals surface area contributed by atoms with Crippen molar-refractivity contribution in [2.75, 3.05) is 26.2 Å². The zero-order valence-electron chi connectivity index (χ0n) is 9.69. The van der Waals surface area contributed by atoms with Crippen molar-refractivity contribution in [1.29, 1.82) is 0 Å². The van der Waals surface area contributed by atoms with Gasteiger partial charge in [-0.2, -0.15) is 0 Å². The number of aromatic nitrogens is 1. The lowest BCUT2D eigenvalue weighted by atomic mass is 10.1. The number of hydrogen-bond donors (Lipinski definition) is 1. The topological polar surface area (TPSA) is 58.4 Å². The van der Waals surface area contributed by atoms with Crippen LogP contribution in [0.25, 0.3) is 0 Å². The molecular formula is C11H17N3O2. The van der Waals surface area contributed by atoms with Gasteiger partial charge in [0, 0.05) is 32.2 Å². The van der Waals surface area contributed by atoms with E-state index in [1.165, 1.54) is 0 Å². The first-order chi connectivity index (χ1) is 7.68. The van der Waals surface area contributed by atoms with Crippen molar-refractivity contribution in [2.24, 2.45) is 0 Å². The van der Waals surface area contributed by atoms with Crippen LogP contribution in [0.1, 0.15) is 36.0 Å². The van der Waals surface area contributed by atoms with Gasteiger partial charge in [0.15, 0.2) is 0 Å². The molecule has 5 heteroatoms. The van der Waals surface area contributed by atoms with Gasteiger partial charge in [0.05, 0.1) is 5.69 Å². The fourth-order valence-electron chi connectivity index (χ4n) is 1.69. The van der Waals surface area contributed by atoms with Gasteiger partial charge in [-0.15, -0.1) is 0 Å². The molecule has 1 aromatic heterocycles. The molecule has 0 atom stereocenters. The zero-order chi connectivity index (χ0) is 11.5. The third-order valence-electron chi connectivity index (χ3n) is 2.73. The van der Waals surface area contributed by atoms with Crippen LogP contribution in [-0.2, 0) is 0 Å². The van der Waals surface area contributed by atoms with Gasteiger partial charge in [-0.1, -0.05) is 19.0 Å². The van der Waals surface area contributed by atoms with Crippen molar-refractivity contribution >= 4 is 5.91 Å². The summed E-state index contributed by atoms with van der Waals surface area (Å²) in [5, 5.41) is 7.10. The van der Waals surface area contributed by atoms with Crippen LogP contribution in [0.4, 0.5) is 0 Å². The molecule has 16 heavy (non-hydrogen) atoms. The van der Waals surface area contributed by atoms with Crippen LogP contribution < -0.4 is 5.32 Å². The maximum Gasteiger partial charge on any atom is 0.292 e. The number of hydrogen-bond acceptors (Lipinski definition) is 4. The van der Waals surface area contributed by atoms with Crippen molar-refractivity contribution in [3.63, 3.8) is 0 Å². The fourth-order valence-corrected chi connectivity index (χ4v) is 1.69. The number of rotatable bonds is 2. The van der Waals surface area contributed by atoms with Gasteiger partial charge in [0.1, 0.15) is 0 Å². The Hall–Kier alpha value is -1.36. The highest BCUT2D eigenvalue weighted by Gasteiger charge is 2.22. The minimum Gasteiger partial charge on any atom is -0.351 e. The van der Waals surface area contributed by atoms with Gasteiger partial charge in [-0.05, 0) is 5.92 Å². The van der Waals surface area contributed by atoms with Gasteiger partial charge < -0.3 is 14.7 Å². The molecule has 5 nitrogen and oxygen atoms in total. The molecule has 0 saturated carbocycles. The summed E-state index contributed by atoms with van der Waals surface area (Å²) in [6.07, 6.45) is 0. The smallest absolute Gasteiger partial charge is 0.292 e. The highest BCUT2D eigenvalue weighted by Crippen LogP contribution is 2.15. The number of piperazine rings is 1. The molecule has 0 spiro atoms. The predicted octanol–water partition coefficient (Wildman–Crippen LogP) is 0.843. The lowest BCUT2D eigenvalue weighted by molar-refractivity contribution is 0.0693. The summed E-state index contributed by atoms with van der Waals surface area (Å²) in [6.45, 7) is 7.20. The minimum atomic E-state index is -0.0547. The molecule has 0 bridgehead atoms. The Kier molecular flexibility index (Phi) is 3.24. The normalized spacial score (nSPS) is 16.8. The third kappa shape index (κ3) is 2.24. The van der Waals surface area contributed by atoms with E-state index in [1.807, 2.05) is 13.8 Å². The summed E-state index contributed by atoms with van der Waals surface area (Å²) in [7, 11) is 0. The maximum atomic E-state index is 12.0. The van der Waals surface area contributed by atoms with E-state index < -0.39 is 0 Å². The number of nitrogens with zero attached hydrogens (tertiary/aromatic N) is 2. The average Bonchev–Trinajstić information content (AvgIpc) is 2.78. The molecule has 1 aromatic rings. The van der Waals surface area contributed by atoms with E-state index in [0.717, 1.165) is 31.9 Å². The first-order valence-electron chi connectivity index (χ1n) is 5.65. The molecule has 1 amide bonds. The second kappa shape index (κ2) is 4.65. The Bertz CT molecular complexity index is 367. The number of carbonyl (C=O) groups excluding carboxylic acids is 1. The molecule has 1 N–H and O–H groups in total. The van der Waals surface area contributed by atoms with Gasteiger partial charge in [0.25, 0.3) is 5.91 Å². The first-order valence-corrected chi connectivity index (χ1v) is 5.65. The number of amides is 1. The monoisotopic (exact) mass is 223 g/mol. The number of carbonyl (C=O) groups is 1. The maximum absolute atomic E-state index is 12.0. The van der Waals surface area contributed by atoms with E-state index in [-0.39, 0.29) is 11.8 Å². The molecule has 0 aromatic carbocycles. The van der Waals surface area contributed by atoms with Crippen molar-refractivity contribution in [1.82, 2.24) is 15.4 Å². The predicted molar refractivity (Wildman–Crippen MR) is 59.4 cm³/mol. The molecule has 1 aliphatic rings. The van der Waals surface area contributed by atoms with E-state index >= 15 is 0 Å². The average molecular weight is 223 g/mol. The summed E-state index contributed by atoms with van der Waals surface area (Å²) in [5.41, 5.74) is 0.832. The van der Waals surface area contributed by atoms with Crippen LogP contribution in [0.3, 0.4) is 0 Å². The molecule has 0 radical (unpaired) electrons. The van der Waals surface area contributed by atoms with Gasteiger partial charge >= 0.3 is 0 Å². The Labute approximate surface area is 94.8 Å². The summed E-state index contributed by atoms with van der Waals surface area (Å²) >= 11 is 0. The second-order valence-corrected chi connectivity index (χ2v) is 4.31. The SMILES string of the molecule is CC(C)c1cc(C(=O)N2CCNCC2)on1. The lowest BCUT2D eigenvalue weighted by Crippen LogP contribution is -2.46. The Balaban J connectivity index is 2.07. The molecule has 1 saturated heterocycles. The number of nitrogens with one attached hydrogen (secondary N) is 1. The minimum absolute atomic E-state index is 0.0547. The summed E-state index contributed by atoms with van der Waals surface area (Å²) < 4.78 is 5.08. The quantitative estimate of drug-likeness (QED) is 0.807. The van der Waals surface area contributed by atoms with E-state index in [0.29, 0.717) is 5.76 Å². The van der Waals surface area contributed by atoms with Gasteiger partial charge in [0.2, 0.25) is 5.76 Å². The standard InChI is InChI=1S/C11H17N3O2/c1-8(2)9-7-10(16-13-9)11(15)14-5-3-12-4-6-14/h7-8,12H,3-6H2,1-2H3. The van der Waals surface area contributed by atoms with Crippen molar-refractivity contribution in [3.05, 3.63) is 17.5 Å². The first kappa shape index (κ1) is 11.1. The van der Waals surface area contributed by atoms with Crippen LogP contribution in [-0.4, -0.2) is 42.1 Å². The Morgan fingerprint density at radius 2 is 2.19 bits per heavy atom. The molecule has 1 fully saturated rings. The van der Waals surface area contributed by atoms with Gasteiger partial charge in [-0.3, -0.25) is 4.79 Å². The molecule has 2 heterocycles. The van der Waals surface area contributed by atoms with Crippen molar-refractivity contribution in [2.45, 2.75) is 19.8 Å². The highest BCUT2D eigenvalue weighted by molar-refractivity contribution is 5.91. The second-order valence-electron chi connectivity index (χ2n) is 4.31. The van der Waals surface area contributed by atoms with Crippen molar-refractivity contribution in [3.8, 4) is 0 Å². The summed E-state index contributed by atoms with van der Waals surface area (Å²) in [6, 6.07) is 1.75. The molecule has 2 rings (SSSR count). The molecule has 0 unspecified atom stereocenters. The van der Waals surface area contributed by atoms with Crippen molar-refractivity contribution < 1.29 is 9.32 Å². The largest absolute Gasteiger partial charge is 0.351 e.